The number of sulfonamides is 1. The van der Waals surface area contributed by atoms with E-state index in [2.05, 4.69) is 10.3 Å². The Bertz CT molecular complexity index is 923. The molecule has 0 bridgehead atoms. The number of fused-ring (bicyclic) bond motifs is 1. The summed E-state index contributed by atoms with van der Waals surface area (Å²) in [5, 5.41) is 8.86. The predicted molar refractivity (Wildman–Crippen MR) is 101 cm³/mol. The van der Waals surface area contributed by atoms with Gasteiger partial charge in [0.05, 0.1) is 15.3 Å². The van der Waals surface area contributed by atoms with Crippen LogP contribution < -0.4 is 10.3 Å². The smallest absolute Gasteiger partial charge is 0.335 e. The van der Waals surface area contributed by atoms with E-state index < -0.39 is 21.9 Å². The molecule has 1 aliphatic carbocycles. The molecule has 0 spiro atoms. The highest BCUT2D eigenvalue weighted by Gasteiger charge is 2.19. The molecule has 2 aromatic rings. The van der Waals surface area contributed by atoms with E-state index in [4.69, 9.17) is 5.11 Å². The molecule has 3 rings (SSSR count). The van der Waals surface area contributed by atoms with Crippen LogP contribution in [-0.2, 0) is 22.9 Å². The number of aryl methyl sites for hydroxylation is 2. The highest BCUT2D eigenvalue weighted by atomic mass is 32.2. The van der Waals surface area contributed by atoms with E-state index in [1.807, 2.05) is 6.07 Å². The number of amides is 1. The lowest BCUT2D eigenvalue weighted by Gasteiger charge is -2.08. The Morgan fingerprint density at radius 1 is 1.00 bits per heavy atom. The molecule has 1 aromatic carbocycles. The van der Waals surface area contributed by atoms with Gasteiger partial charge in [-0.1, -0.05) is 12.8 Å². The van der Waals surface area contributed by atoms with Crippen molar-refractivity contribution in [1.29, 1.82) is 0 Å². The second kappa shape index (κ2) is 8.20. The van der Waals surface area contributed by atoms with Crippen molar-refractivity contribution < 1.29 is 23.1 Å². The van der Waals surface area contributed by atoms with Gasteiger partial charge in [-0.3, -0.25) is 10.2 Å². The number of rotatable bonds is 5. The molecule has 0 unspecified atom stereocenters. The topological polar surface area (TPSA) is 113 Å². The number of carboxylic acid groups (broad SMARTS) is 1. The summed E-state index contributed by atoms with van der Waals surface area (Å²) in [6.45, 7) is 0. The number of thiophene rings is 1. The molecular formula is C18H20N2O5S2. The maximum absolute atomic E-state index is 12.4. The van der Waals surface area contributed by atoms with Crippen LogP contribution in [-0.4, -0.2) is 25.4 Å². The van der Waals surface area contributed by atoms with Gasteiger partial charge >= 0.3 is 5.97 Å². The molecule has 1 amide bonds. The van der Waals surface area contributed by atoms with E-state index >= 15 is 0 Å². The number of hydrazine groups is 1. The molecule has 1 heterocycles. The molecule has 9 heteroatoms. The number of hydrogen-bond donors (Lipinski definition) is 3. The number of hydrogen-bond acceptors (Lipinski definition) is 5. The van der Waals surface area contributed by atoms with Gasteiger partial charge in [-0.2, -0.15) is 0 Å². The minimum atomic E-state index is -3.99. The summed E-state index contributed by atoms with van der Waals surface area (Å²) >= 11 is 1.41. The normalized spacial score (nSPS) is 14.7. The van der Waals surface area contributed by atoms with E-state index in [-0.39, 0.29) is 10.5 Å². The Kier molecular flexibility index (Phi) is 5.93. The number of carbonyl (C=O) groups excluding carboxylic acids is 1. The van der Waals surface area contributed by atoms with Crippen molar-refractivity contribution in [2.45, 2.75) is 43.4 Å². The zero-order valence-corrected chi connectivity index (χ0v) is 16.2. The van der Waals surface area contributed by atoms with Crippen LogP contribution in [0.2, 0.25) is 0 Å². The number of carboxylic acids is 1. The maximum atomic E-state index is 12.4. The van der Waals surface area contributed by atoms with Gasteiger partial charge in [0, 0.05) is 4.88 Å². The SMILES string of the molecule is O=C(O)c1ccc(S(=O)(=O)NNC(=O)c2cc3c(s2)CCCCCC3)cc1. The average Bonchev–Trinajstić information content (AvgIpc) is 3.02. The molecule has 0 saturated carbocycles. The minimum absolute atomic E-state index is 0.0195. The molecular weight excluding hydrogens is 388 g/mol. The second-order valence-corrected chi connectivity index (χ2v) is 9.18. The molecule has 27 heavy (non-hydrogen) atoms. The van der Waals surface area contributed by atoms with Gasteiger partial charge in [0.15, 0.2) is 0 Å². The molecule has 0 fully saturated rings. The molecule has 1 aromatic heterocycles. The van der Waals surface area contributed by atoms with Crippen LogP contribution in [0.3, 0.4) is 0 Å². The first-order chi connectivity index (χ1) is 12.9. The molecule has 7 nitrogen and oxygen atoms in total. The van der Waals surface area contributed by atoms with Gasteiger partial charge in [-0.05, 0) is 61.6 Å². The van der Waals surface area contributed by atoms with Gasteiger partial charge < -0.3 is 5.11 Å². The van der Waals surface area contributed by atoms with Crippen molar-refractivity contribution in [3.8, 4) is 0 Å². The summed E-state index contributed by atoms with van der Waals surface area (Å²) in [6, 6.07) is 6.58. The first kappa shape index (κ1) is 19.5. The Morgan fingerprint density at radius 3 is 2.33 bits per heavy atom. The van der Waals surface area contributed by atoms with Crippen LogP contribution >= 0.6 is 11.3 Å². The first-order valence-electron chi connectivity index (χ1n) is 8.64. The largest absolute Gasteiger partial charge is 0.478 e. The van der Waals surface area contributed by atoms with Crippen LogP contribution in [0.5, 0.6) is 0 Å². The lowest BCUT2D eigenvalue weighted by atomic mass is 10.00. The third-order valence-electron chi connectivity index (χ3n) is 4.43. The maximum Gasteiger partial charge on any atom is 0.335 e. The highest BCUT2D eigenvalue weighted by molar-refractivity contribution is 7.89. The number of nitrogens with one attached hydrogen (secondary N) is 2. The van der Waals surface area contributed by atoms with Crippen LogP contribution in [0.15, 0.2) is 35.2 Å². The van der Waals surface area contributed by atoms with Crippen molar-refractivity contribution in [3.05, 3.63) is 51.2 Å². The summed E-state index contributed by atoms with van der Waals surface area (Å²) in [7, 11) is -3.99. The molecule has 0 atom stereocenters. The average molecular weight is 409 g/mol. The third-order valence-corrected chi connectivity index (χ3v) is 6.93. The van der Waals surface area contributed by atoms with Crippen molar-refractivity contribution in [2.24, 2.45) is 0 Å². The van der Waals surface area contributed by atoms with Gasteiger partial charge in [0.1, 0.15) is 0 Å². The molecule has 144 valence electrons. The van der Waals surface area contributed by atoms with E-state index in [1.54, 1.807) is 0 Å². The van der Waals surface area contributed by atoms with E-state index in [9.17, 15) is 18.0 Å². The Morgan fingerprint density at radius 2 is 1.67 bits per heavy atom. The molecule has 1 aliphatic rings. The van der Waals surface area contributed by atoms with E-state index in [1.165, 1.54) is 58.9 Å². The van der Waals surface area contributed by atoms with Crippen molar-refractivity contribution >= 4 is 33.2 Å². The van der Waals surface area contributed by atoms with Crippen molar-refractivity contribution in [3.63, 3.8) is 0 Å². The van der Waals surface area contributed by atoms with Crippen molar-refractivity contribution in [1.82, 2.24) is 10.3 Å². The first-order valence-corrected chi connectivity index (χ1v) is 10.9. The summed E-state index contributed by atoms with van der Waals surface area (Å²) in [4.78, 5) is 26.8. The lowest BCUT2D eigenvalue weighted by molar-refractivity contribution is 0.0696. The molecule has 0 saturated heterocycles. The van der Waals surface area contributed by atoms with Crippen molar-refractivity contribution in [2.75, 3.05) is 0 Å². The van der Waals surface area contributed by atoms with Gasteiger partial charge in [-0.15, -0.1) is 16.2 Å². The van der Waals surface area contributed by atoms with E-state index in [0.717, 1.165) is 25.7 Å². The monoisotopic (exact) mass is 408 g/mol. The highest BCUT2D eigenvalue weighted by Crippen LogP contribution is 2.28. The van der Waals surface area contributed by atoms with E-state index in [0.29, 0.717) is 4.88 Å². The predicted octanol–water partition coefficient (Wildman–Crippen LogP) is 2.73. The summed E-state index contributed by atoms with van der Waals surface area (Å²) in [5.41, 5.74) is 3.39. The van der Waals surface area contributed by atoms with Crippen LogP contribution in [0.25, 0.3) is 0 Å². The summed E-state index contributed by atoms with van der Waals surface area (Å²) < 4.78 is 24.5. The Balaban J connectivity index is 1.67. The quantitative estimate of drug-likeness (QED) is 0.659. The van der Waals surface area contributed by atoms with Gasteiger partial charge in [-0.25, -0.2) is 13.2 Å². The summed E-state index contributed by atoms with van der Waals surface area (Å²) in [6.07, 6.45) is 6.49. The van der Waals surface area contributed by atoms with Gasteiger partial charge in [0.2, 0.25) is 0 Å². The van der Waals surface area contributed by atoms with Gasteiger partial charge in [0.25, 0.3) is 15.9 Å². The third kappa shape index (κ3) is 4.74. The zero-order chi connectivity index (χ0) is 19.4. The Hall–Kier alpha value is -2.23. The molecule has 0 aliphatic heterocycles. The number of carbonyl (C=O) groups is 2. The molecule has 0 radical (unpaired) electrons. The fourth-order valence-corrected chi connectivity index (χ4v) is 4.95. The summed E-state index contributed by atoms with van der Waals surface area (Å²) in [5.74, 6) is -1.65. The number of aromatic carboxylic acids is 1. The van der Waals surface area contributed by atoms with Crippen LogP contribution in [0.4, 0.5) is 0 Å². The minimum Gasteiger partial charge on any atom is -0.478 e. The molecule has 3 N–H and O–H groups in total. The lowest BCUT2D eigenvalue weighted by Crippen LogP contribution is -2.41. The fraction of sp³-hybridized carbons (Fsp3) is 0.333. The Labute approximate surface area is 161 Å². The standard InChI is InChI=1S/C18H20N2O5S2/c21-17(16-11-13-5-3-1-2-4-6-15(13)26-16)19-20-27(24,25)14-9-7-12(8-10-14)18(22)23/h7-11,20H,1-6H2,(H,19,21)(H,22,23). The number of benzene rings is 1. The van der Waals surface area contributed by atoms with Crippen LogP contribution in [0.1, 0.15) is 56.2 Å². The fourth-order valence-electron chi connectivity index (χ4n) is 2.97. The van der Waals surface area contributed by atoms with Crippen LogP contribution in [0, 0.1) is 0 Å². The zero-order valence-electron chi connectivity index (χ0n) is 14.5. The second-order valence-electron chi connectivity index (χ2n) is 6.36.